The first-order valence-corrected chi connectivity index (χ1v) is 8.29. The molecule has 2 aliphatic heterocycles. The zero-order chi connectivity index (χ0) is 15.9. The number of carbonyl (C=O) groups is 1. The number of rotatable bonds is 4. The fourth-order valence-electron chi connectivity index (χ4n) is 2.73. The van der Waals surface area contributed by atoms with E-state index in [1.54, 1.807) is 4.90 Å². The van der Waals surface area contributed by atoms with Crippen LogP contribution >= 0.6 is 0 Å². The lowest BCUT2D eigenvalue weighted by molar-refractivity contribution is -0.0110. The molecule has 0 aromatic heterocycles. The lowest BCUT2D eigenvalue weighted by Gasteiger charge is -2.27. The fourth-order valence-corrected chi connectivity index (χ4v) is 2.73. The van der Waals surface area contributed by atoms with Gasteiger partial charge in [-0.3, -0.25) is 0 Å². The molecule has 2 saturated heterocycles. The summed E-state index contributed by atoms with van der Waals surface area (Å²) in [6.07, 6.45) is 3.62. The minimum Gasteiger partial charge on any atom is -0.491 e. The summed E-state index contributed by atoms with van der Waals surface area (Å²) in [5.41, 5.74) is 0.766. The summed E-state index contributed by atoms with van der Waals surface area (Å²) in [6, 6.07) is 7.37. The van der Waals surface area contributed by atoms with Gasteiger partial charge < -0.3 is 24.4 Å². The number of morpholine rings is 1. The minimum atomic E-state index is -0.0856. The van der Waals surface area contributed by atoms with Crippen LogP contribution in [0.15, 0.2) is 24.3 Å². The maximum absolute atomic E-state index is 12.1. The molecule has 126 valence electrons. The summed E-state index contributed by atoms with van der Waals surface area (Å²) >= 11 is 0. The quantitative estimate of drug-likeness (QED) is 0.926. The lowest BCUT2D eigenvalue weighted by Crippen LogP contribution is -2.43. The van der Waals surface area contributed by atoms with Crippen molar-refractivity contribution < 1.29 is 19.0 Å². The number of anilines is 1. The van der Waals surface area contributed by atoms with Crippen LogP contribution in [0.3, 0.4) is 0 Å². The van der Waals surface area contributed by atoms with Gasteiger partial charge in [0.15, 0.2) is 0 Å². The Morgan fingerprint density at radius 2 is 1.96 bits per heavy atom. The third kappa shape index (κ3) is 4.84. The van der Waals surface area contributed by atoms with E-state index >= 15 is 0 Å². The molecule has 2 fully saturated rings. The number of hydrogen-bond donors (Lipinski definition) is 1. The van der Waals surface area contributed by atoms with Crippen molar-refractivity contribution in [2.75, 3.05) is 44.8 Å². The zero-order valence-corrected chi connectivity index (χ0v) is 13.3. The SMILES string of the molecule is O=C(Nc1ccc(OCC2CCCCO2)cc1)N1CCOCC1. The van der Waals surface area contributed by atoms with E-state index in [1.165, 1.54) is 6.42 Å². The van der Waals surface area contributed by atoms with Crippen molar-refractivity contribution >= 4 is 11.7 Å². The Kier molecular flexibility index (Phi) is 5.71. The largest absolute Gasteiger partial charge is 0.491 e. The highest BCUT2D eigenvalue weighted by Gasteiger charge is 2.17. The van der Waals surface area contributed by atoms with Crippen molar-refractivity contribution in [3.63, 3.8) is 0 Å². The molecule has 3 rings (SSSR count). The van der Waals surface area contributed by atoms with E-state index in [1.807, 2.05) is 24.3 Å². The summed E-state index contributed by atoms with van der Waals surface area (Å²) in [6.45, 7) is 3.88. The Hall–Kier alpha value is -1.79. The number of hydrogen-bond acceptors (Lipinski definition) is 4. The molecule has 1 aromatic carbocycles. The Bertz CT molecular complexity index is 494. The first-order chi connectivity index (χ1) is 11.3. The van der Waals surface area contributed by atoms with E-state index in [-0.39, 0.29) is 12.1 Å². The van der Waals surface area contributed by atoms with Crippen LogP contribution < -0.4 is 10.1 Å². The van der Waals surface area contributed by atoms with Crippen LogP contribution in [0.2, 0.25) is 0 Å². The molecule has 0 aliphatic carbocycles. The number of nitrogens with one attached hydrogen (secondary N) is 1. The molecule has 2 aliphatic rings. The highest BCUT2D eigenvalue weighted by Crippen LogP contribution is 2.19. The number of carbonyl (C=O) groups excluding carboxylic acids is 1. The molecule has 1 unspecified atom stereocenters. The van der Waals surface area contributed by atoms with Crippen LogP contribution in [0.1, 0.15) is 19.3 Å². The van der Waals surface area contributed by atoms with Crippen molar-refractivity contribution in [1.82, 2.24) is 4.90 Å². The maximum atomic E-state index is 12.1. The highest BCUT2D eigenvalue weighted by molar-refractivity contribution is 5.89. The standard InChI is InChI=1S/C17H24N2O4/c20-17(19-8-11-21-12-9-19)18-14-4-6-15(7-5-14)23-13-16-3-1-2-10-22-16/h4-7,16H,1-3,8-13H2,(H,18,20). The van der Waals surface area contributed by atoms with E-state index in [0.717, 1.165) is 30.9 Å². The van der Waals surface area contributed by atoms with E-state index < -0.39 is 0 Å². The second kappa shape index (κ2) is 8.17. The summed E-state index contributed by atoms with van der Waals surface area (Å²) in [5, 5.41) is 2.90. The average Bonchev–Trinajstić information content (AvgIpc) is 2.63. The minimum absolute atomic E-state index is 0.0856. The third-order valence-electron chi connectivity index (χ3n) is 4.11. The average molecular weight is 320 g/mol. The first kappa shape index (κ1) is 16.1. The molecule has 2 heterocycles. The smallest absolute Gasteiger partial charge is 0.321 e. The predicted octanol–water partition coefficient (Wildman–Crippen LogP) is 2.50. The van der Waals surface area contributed by atoms with Gasteiger partial charge in [0.25, 0.3) is 0 Å². The topological polar surface area (TPSA) is 60.0 Å². The van der Waals surface area contributed by atoms with Crippen LogP contribution in [-0.2, 0) is 9.47 Å². The van der Waals surface area contributed by atoms with Gasteiger partial charge in [-0.15, -0.1) is 0 Å². The summed E-state index contributed by atoms with van der Waals surface area (Å²) < 4.78 is 16.6. The number of benzene rings is 1. The Morgan fingerprint density at radius 1 is 1.17 bits per heavy atom. The van der Waals surface area contributed by atoms with Crippen molar-refractivity contribution in [1.29, 1.82) is 0 Å². The molecular formula is C17H24N2O4. The molecular weight excluding hydrogens is 296 g/mol. The van der Waals surface area contributed by atoms with Crippen LogP contribution in [0.5, 0.6) is 5.75 Å². The van der Waals surface area contributed by atoms with Gasteiger partial charge >= 0.3 is 6.03 Å². The molecule has 0 spiro atoms. The highest BCUT2D eigenvalue weighted by atomic mass is 16.5. The Morgan fingerprint density at radius 3 is 2.65 bits per heavy atom. The predicted molar refractivity (Wildman–Crippen MR) is 86.9 cm³/mol. The summed E-state index contributed by atoms with van der Waals surface area (Å²) in [7, 11) is 0. The maximum Gasteiger partial charge on any atom is 0.321 e. The molecule has 23 heavy (non-hydrogen) atoms. The molecule has 0 saturated carbocycles. The Labute approximate surface area is 136 Å². The Balaban J connectivity index is 1.45. The van der Waals surface area contributed by atoms with Gasteiger partial charge in [-0.2, -0.15) is 0 Å². The normalized spacial score (nSPS) is 21.7. The van der Waals surface area contributed by atoms with Crippen molar-refractivity contribution in [2.45, 2.75) is 25.4 Å². The second-order valence-corrected chi connectivity index (χ2v) is 5.85. The lowest BCUT2D eigenvalue weighted by atomic mass is 10.1. The molecule has 1 aromatic rings. The van der Waals surface area contributed by atoms with Gasteiger partial charge in [-0.25, -0.2) is 4.79 Å². The molecule has 0 radical (unpaired) electrons. The van der Waals surface area contributed by atoms with Crippen LogP contribution in [0.4, 0.5) is 10.5 Å². The van der Waals surface area contributed by atoms with Gasteiger partial charge in [0.2, 0.25) is 0 Å². The van der Waals surface area contributed by atoms with E-state index in [0.29, 0.717) is 32.9 Å². The van der Waals surface area contributed by atoms with Crippen LogP contribution in [0.25, 0.3) is 0 Å². The number of urea groups is 1. The van der Waals surface area contributed by atoms with Gasteiger partial charge in [0, 0.05) is 25.4 Å². The molecule has 1 N–H and O–H groups in total. The van der Waals surface area contributed by atoms with Gasteiger partial charge in [0.1, 0.15) is 12.4 Å². The molecule has 6 nitrogen and oxygen atoms in total. The molecule has 6 heteroatoms. The zero-order valence-electron chi connectivity index (χ0n) is 13.3. The first-order valence-electron chi connectivity index (χ1n) is 8.29. The van der Waals surface area contributed by atoms with Gasteiger partial charge in [-0.1, -0.05) is 0 Å². The van der Waals surface area contributed by atoms with E-state index in [4.69, 9.17) is 14.2 Å². The molecule has 0 bridgehead atoms. The number of nitrogens with zero attached hydrogens (tertiary/aromatic N) is 1. The van der Waals surface area contributed by atoms with E-state index in [9.17, 15) is 4.79 Å². The van der Waals surface area contributed by atoms with Gasteiger partial charge in [0.05, 0.1) is 19.3 Å². The van der Waals surface area contributed by atoms with Crippen LogP contribution in [-0.4, -0.2) is 56.6 Å². The molecule has 2 amide bonds. The fraction of sp³-hybridized carbons (Fsp3) is 0.588. The summed E-state index contributed by atoms with van der Waals surface area (Å²) in [5.74, 6) is 0.795. The van der Waals surface area contributed by atoms with Crippen molar-refractivity contribution in [3.8, 4) is 5.75 Å². The van der Waals surface area contributed by atoms with Crippen molar-refractivity contribution in [2.24, 2.45) is 0 Å². The number of amides is 2. The third-order valence-corrected chi connectivity index (χ3v) is 4.11. The van der Waals surface area contributed by atoms with E-state index in [2.05, 4.69) is 5.32 Å². The van der Waals surface area contributed by atoms with Crippen LogP contribution in [0, 0.1) is 0 Å². The summed E-state index contributed by atoms with van der Waals surface area (Å²) in [4.78, 5) is 13.9. The number of ether oxygens (including phenoxy) is 3. The molecule has 1 atom stereocenters. The van der Waals surface area contributed by atoms with Crippen molar-refractivity contribution in [3.05, 3.63) is 24.3 Å². The van der Waals surface area contributed by atoms with Gasteiger partial charge in [-0.05, 0) is 43.5 Å². The second-order valence-electron chi connectivity index (χ2n) is 5.85. The monoisotopic (exact) mass is 320 g/mol.